The Kier molecular flexibility index (Phi) is 6.10. The Morgan fingerprint density at radius 3 is 2.26 bits per heavy atom. The molecule has 4 aromatic rings. The summed E-state index contributed by atoms with van der Waals surface area (Å²) >= 11 is 1.39. The molecule has 3 aromatic carbocycles. The summed E-state index contributed by atoms with van der Waals surface area (Å²) in [5.74, 6) is 0.348. The van der Waals surface area contributed by atoms with Gasteiger partial charge in [0.1, 0.15) is 5.69 Å². The Balaban J connectivity index is 1.50. The van der Waals surface area contributed by atoms with Crippen LogP contribution in [0.4, 0.5) is 5.69 Å². The number of hydrogen-bond acceptors (Lipinski definition) is 5. The first-order valence-corrected chi connectivity index (χ1v) is 11.9. The summed E-state index contributed by atoms with van der Waals surface area (Å²) in [6.45, 7) is 4.12. The van der Waals surface area contributed by atoms with Crippen LogP contribution in [0.3, 0.4) is 0 Å². The van der Waals surface area contributed by atoms with Gasteiger partial charge in [-0.2, -0.15) is 10.2 Å². The average Bonchev–Trinajstić information content (AvgIpc) is 3.44. The van der Waals surface area contributed by atoms with Gasteiger partial charge in [0, 0.05) is 17.3 Å². The summed E-state index contributed by atoms with van der Waals surface area (Å²) in [6.07, 6.45) is 3.65. The summed E-state index contributed by atoms with van der Waals surface area (Å²) in [5, 5.41) is 14.1. The van der Waals surface area contributed by atoms with Gasteiger partial charge >= 0.3 is 0 Å². The zero-order valence-corrected chi connectivity index (χ0v) is 19.7. The number of benzene rings is 3. The maximum absolute atomic E-state index is 12.4. The number of hydrogen-bond donors (Lipinski definition) is 0. The van der Waals surface area contributed by atoms with E-state index in [4.69, 9.17) is 5.10 Å². The Morgan fingerprint density at radius 2 is 1.56 bits per heavy atom. The quantitative estimate of drug-likeness (QED) is 0.284. The van der Waals surface area contributed by atoms with Crippen molar-refractivity contribution in [3.63, 3.8) is 0 Å². The van der Waals surface area contributed by atoms with E-state index in [2.05, 4.69) is 60.4 Å². The molecule has 1 aliphatic rings. The van der Waals surface area contributed by atoms with E-state index in [1.807, 2.05) is 53.3 Å². The number of carbonyl (C=O) groups is 1. The first-order valence-electron chi connectivity index (χ1n) is 10.9. The lowest BCUT2D eigenvalue weighted by atomic mass is 10.1. The van der Waals surface area contributed by atoms with Gasteiger partial charge in [-0.3, -0.25) is 9.69 Å². The zero-order chi connectivity index (χ0) is 23.5. The molecule has 2 heterocycles. The van der Waals surface area contributed by atoms with Crippen molar-refractivity contribution in [2.24, 2.45) is 10.2 Å². The van der Waals surface area contributed by atoms with Gasteiger partial charge in [0.25, 0.3) is 0 Å². The number of anilines is 1. The Labute approximate surface area is 202 Å². The Bertz CT molecular complexity index is 1370. The van der Waals surface area contributed by atoms with Crippen LogP contribution in [0, 0.1) is 13.8 Å². The van der Waals surface area contributed by atoms with Crippen LogP contribution in [0.5, 0.6) is 0 Å². The lowest BCUT2D eigenvalue weighted by Crippen LogP contribution is -2.28. The van der Waals surface area contributed by atoms with Gasteiger partial charge in [-0.25, -0.2) is 4.68 Å². The van der Waals surface area contributed by atoms with Crippen LogP contribution >= 0.6 is 11.8 Å². The van der Waals surface area contributed by atoms with Gasteiger partial charge in [0.15, 0.2) is 5.17 Å². The predicted octanol–water partition coefficient (Wildman–Crippen LogP) is 5.63. The Hall–Kier alpha value is -3.97. The minimum Gasteiger partial charge on any atom is -0.273 e. The highest BCUT2D eigenvalue weighted by Gasteiger charge is 2.29. The molecule has 1 aromatic heterocycles. The second-order valence-electron chi connectivity index (χ2n) is 8.06. The zero-order valence-electron chi connectivity index (χ0n) is 18.9. The second-order valence-corrected chi connectivity index (χ2v) is 9.00. The van der Waals surface area contributed by atoms with Crippen LogP contribution in [0.25, 0.3) is 16.9 Å². The van der Waals surface area contributed by atoms with Crippen molar-refractivity contribution in [1.82, 2.24) is 9.78 Å². The highest BCUT2D eigenvalue weighted by Crippen LogP contribution is 2.27. The number of carbonyl (C=O) groups excluding carboxylic acids is 1. The molecule has 0 atom stereocenters. The van der Waals surface area contributed by atoms with Crippen LogP contribution in [0.1, 0.15) is 16.7 Å². The molecule has 0 aliphatic carbocycles. The number of rotatable bonds is 5. The highest BCUT2D eigenvalue weighted by atomic mass is 32.2. The summed E-state index contributed by atoms with van der Waals surface area (Å²) in [6, 6.07) is 26.0. The summed E-state index contributed by atoms with van der Waals surface area (Å²) in [7, 11) is 0. The molecule has 1 amide bonds. The van der Waals surface area contributed by atoms with E-state index < -0.39 is 0 Å². The van der Waals surface area contributed by atoms with E-state index in [1.165, 1.54) is 22.9 Å². The molecule has 0 bridgehead atoms. The first-order chi connectivity index (χ1) is 16.6. The van der Waals surface area contributed by atoms with Crippen LogP contribution in [0.15, 0.2) is 95.3 Å². The van der Waals surface area contributed by atoms with Crippen molar-refractivity contribution in [1.29, 1.82) is 0 Å². The SMILES string of the molecule is Cc1ccc(-c2nn(-c3ccc(C)cc3)cc2/C=N/N=C2/SCC(=O)N2c2ccccc2)cc1. The number of thioether (sulfide) groups is 1. The van der Waals surface area contributed by atoms with Gasteiger partial charge in [-0.15, -0.1) is 5.10 Å². The molecule has 0 radical (unpaired) electrons. The van der Waals surface area contributed by atoms with Crippen LogP contribution < -0.4 is 4.90 Å². The third kappa shape index (κ3) is 4.56. The monoisotopic (exact) mass is 465 g/mol. The fourth-order valence-corrected chi connectivity index (χ4v) is 4.48. The fraction of sp³-hybridized carbons (Fsp3) is 0.111. The molecule has 168 valence electrons. The molecular weight excluding hydrogens is 442 g/mol. The number of aromatic nitrogens is 2. The second kappa shape index (κ2) is 9.49. The van der Waals surface area contributed by atoms with Crippen LogP contribution in [-0.4, -0.2) is 32.8 Å². The molecule has 1 saturated heterocycles. The minimum atomic E-state index is -0.00214. The molecule has 0 saturated carbocycles. The minimum absolute atomic E-state index is 0.00214. The largest absolute Gasteiger partial charge is 0.273 e. The molecule has 6 nitrogen and oxygen atoms in total. The topological polar surface area (TPSA) is 62.9 Å². The number of aryl methyl sites for hydroxylation is 2. The van der Waals surface area contributed by atoms with Crippen molar-refractivity contribution in [2.45, 2.75) is 13.8 Å². The first kappa shape index (κ1) is 21.9. The van der Waals surface area contributed by atoms with Gasteiger partial charge in [-0.05, 0) is 38.1 Å². The molecule has 0 unspecified atom stereocenters. The maximum Gasteiger partial charge on any atom is 0.243 e. The summed E-state index contributed by atoms with van der Waals surface area (Å²) in [5.41, 5.74) is 6.80. The molecule has 0 N–H and O–H groups in total. The molecular formula is C27H23N5OS. The normalized spacial score (nSPS) is 15.1. The van der Waals surface area contributed by atoms with E-state index >= 15 is 0 Å². The predicted molar refractivity (Wildman–Crippen MR) is 140 cm³/mol. The van der Waals surface area contributed by atoms with Crippen LogP contribution in [0.2, 0.25) is 0 Å². The number of para-hydroxylation sites is 1. The third-order valence-corrected chi connectivity index (χ3v) is 6.40. The number of amides is 1. The van der Waals surface area contributed by atoms with Crippen LogP contribution in [-0.2, 0) is 4.79 Å². The molecule has 7 heteroatoms. The van der Waals surface area contributed by atoms with E-state index in [1.54, 1.807) is 11.1 Å². The molecule has 1 fully saturated rings. The van der Waals surface area contributed by atoms with E-state index in [9.17, 15) is 4.79 Å². The van der Waals surface area contributed by atoms with E-state index in [0.717, 1.165) is 28.2 Å². The van der Waals surface area contributed by atoms with Crippen molar-refractivity contribution in [2.75, 3.05) is 10.7 Å². The molecule has 34 heavy (non-hydrogen) atoms. The van der Waals surface area contributed by atoms with Gasteiger partial charge in [-0.1, -0.05) is 77.5 Å². The molecule has 1 aliphatic heterocycles. The standard InChI is InChI=1S/C27H23N5OS/c1-19-8-12-21(13-9-19)26-22(17-31(30-26)23-14-10-20(2)11-15-23)16-28-29-27-32(25(33)18-34-27)24-6-4-3-5-7-24/h3-17H,18H2,1-2H3/b28-16+,29-27+. The smallest absolute Gasteiger partial charge is 0.243 e. The lowest BCUT2D eigenvalue weighted by molar-refractivity contribution is -0.115. The highest BCUT2D eigenvalue weighted by molar-refractivity contribution is 8.15. The fourth-order valence-electron chi connectivity index (χ4n) is 3.65. The van der Waals surface area contributed by atoms with Crippen molar-refractivity contribution >= 4 is 34.7 Å². The average molecular weight is 466 g/mol. The number of nitrogens with zero attached hydrogens (tertiary/aromatic N) is 5. The molecule has 0 spiro atoms. The Morgan fingerprint density at radius 1 is 0.882 bits per heavy atom. The van der Waals surface area contributed by atoms with E-state index in [0.29, 0.717) is 10.9 Å². The summed E-state index contributed by atoms with van der Waals surface area (Å²) in [4.78, 5) is 14.0. The number of amidine groups is 1. The lowest BCUT2D eigenvalue weighted by Gasteiger charge is -2.14. The van der Waals surface area contributed by atoms with Crippen molar-refractivity contribution in [3.8, 4) is 16.9 Å². The third-order valence-electron chi connectivity index (χ3n) is 5.49. The van der Waals surface area contributed by atoms with Crippen molar-refractivity contribution in [3.05, 3.63) is 102 Å². The van der Waals surface area contributed by atoms with Gasteiger partial charge in [0.05, 0.1) is 23.3 Å². The maximum atomic E-state index is 12.4. The van der Waals surface area contributed by atoms with Gasteiger partial charge < -0.3 is 0 Å². The molecule has 5 rings (SSSR count). The van der Waals surface area contributed by atoms with Gasteiger partial charge in [0.2, 0.25) is 5.91 Å². The summed E-state index contributed by atoms with van der Waals surface area (Å²) < 4.78 is 1.85. The van der Waals surface area contributed by atoms with E-state index in [-0.39, 0.29) is 5.91 Å². The van der Waals surface area contributed by atoms with Crippen molar-refractivity contribution < 1.29 is 4.79 Å².